The van der Waals surface area contributed by atoms with Gasteiger partial charge >= 0.3 is 0 Å². The molecule has 5 heteroatoms. The molecule has 0 unspecified atom stereocenters. The van der Waals surface area contributed by atoms with Crippen molar-refractivity contribution in [3.05, 3.63) is 59.7 Å². The number of aryl methyl sites for hydroxylation is 1. The molecule has 0 radical (unpaired) electrons. The van der Waals surface area contributed by atoms with Crippen LogP contribution in [0.25, 0.3) is 0 Å². The van der Waals surface area contributed by atoms with E-state index in [9.17, 15) is 8.42 Å². The summed E-state index contributed by atoms with van der Waals surface area (Å²) in [5, 5.41) is -0.758. The summed E-state index contributed by atoms with van der Waals surface area (Å²) in [5.74, 6) is 0.683. The van der Waals surface area contributed by atoms with Crippen LogP contribution in [-0.2, 0) is 9.84 Å². The molecule has 0 bridgehead atoms. The largest absolute Gasteiger partial charge is 0.497 e. The Balaban J connectivity index is 2.41. The molecule has 0 aromatic heterocycles. The van der Waals surface area contributed by atoms with Gasteiger partial charge in [-0.15, -0.1) is 0 Å². The quantitative estimate of drug-likeness (QED) is 0.921. The van der Waals surface area contributed by atoms with E-state index in [1.54, 1.807) is 55.6 Å². The minimum absolute atomic E-state index is 0.0303. The molecule has 0 fully saturated rings. The normalized spacial score (nSPS) is 12.9. The maximum Gasteiger partial charge on any atom is 0.186 e. The first-order valence-electron chi connectivity index (χ1n) is 6.63. The topological polar surface area (TPSA) is 69.4 Å². The molecule has 2 rings (SSSR count). The zero-order valence-corrected chi connectivity index (χ0v) is 12.9. The predicted molar refractivity (Wildman–Crippen MR) is 83.2 cm³/mol. The van der Waals surface area contributed by atoms with Gasteiger partial charge in [-0.3, -0.25) is 0 Å². The van der Waals surface area contributed by atoms with Crippen LogP contribution in [0.3, 0.4) is 0 Å². The molecular weight excluding hydrogens is 286 g/mol. The Morgan fingerprint density at radius 2 is 1.62 bits per heavy atom. The van der Waals surface area contributed by atoms with Crippen molar-refractivity contribution in [1.29, 1.82) is 0 Å². The van der Waals surface area contributed by atoms with Crippen LogP contribution in [0.2, 0.25) is 0 Å². The summed E-state index contributed by atoms with van der Waals surface area (Å²) < 4.78 is 30.5. The zero-order chi connectivity index (χ0) is 15.5. The van der Waals surface area contributed by atoms with E-state index in [1.165, 1.54) is 0 Å². The Labute approximate surface area is 125 Å². The summed E-state index contributed by atoms with van der Waals surface area (Å²) in [6.45, 7) is 1.95. The number of hydrogen-bond donors (Lipinski definition) is 1. The van der Waals surface area contributed by atoms with Crippen molar-refractivity contribution in [3.8, 4) is 5.75 Å². The second-order valence-corrected chi connectivity index (χ2v) is 6.99. The van der Waals surface area contributed by atoms with Crippen molar-refractivity contribution in [3.63, 3.8) is 0 Å². The highest BCUT2D eigenvalue weighted by atomic mass is 32.2. The SMILES string of the molecule is COc1ccc([C@H](CN)S(=O)(=O)c2ccc(C)cc2)cc1. The summed E-state index contributed by atoms with van der Waals surface area (Å²) >= 11 is 0. The number of hydrogen-bond acceptors (Lipinski definition) is 4. The van der Waals surface area contributed by atoms with Crippen molar-refractivity contribution in [2.45, 2.75) is 17.1 Å². The average molecular weight is 305 g/mol. The molecule has 2 aromatic rings. The Hall–Kier alpha value is -1.85. The van der Waals surface area contributed by atoms with E-state index < -0.39 is 15.1 Å². The van der Waals surface area contributed by atoms with Crippen LogP contribution < -0.4 is 10.5 Å². The molecule has 2 N–H and O–H groups in total. The van der Waals surface area contributed by atoms with Gasteiger partial charge in [0.2, 0.25) is 0 Å². The lowest BCUT2D eigenvalue weighted by molar-refractivity contribution is 0.414. The van der Waals surface area contributed by atoms with Crippen LogP contribution in [-0.4, -0.2) is 22.1 Å². The van der Waals surface area contributed by atoms with Gasteiger partial charge in [0, 0.05) is 6.54 Å². The smallest absolute Gasteiger partial charge is 0.186 e. The first kappa shape index (κ1) is 15.5. The third kappa shape index (κ3) is 3.25. The molecule has 2 aromatic carbocycles. The number of benzene rings is 2. The minimum atomic E-state index is -3.51. The van der Waals surface area contributed by atoms with Crippen LogP contribution >= 0.6 is 0 Å². The zero-order valence-electron chi connectivity index (χ0n) is 12.1. The lowest BCUT2D eigenvalue weighted by atomic mass is 10.1. The summed E-state index contributed by atoms with van der Waals surface area (Å²) in [6.07, 6.45) is 0. The van der Waals surface area contributed by atoms with Gasteiger partial charge in [0.25, 0.3) is 0 Å². The fourth-order valence-electron chi connectivity index (χ4n) is 2.15. The summed E-state index contributed by atoms with van der Waals surface area (Å²) in [6, 6.07) is 13.8. The average Bonchev–Trinajstić information content (AvgIpc) is 2.49. The second-order valence-electron chi connectivity index (χ2n) is 4.86. The minimum Gasteiger partial charge on any atom is -0.497 e. The molecule has 21 heavy (non-hydrogen) atoms. The number of methoxy groups -OCH3 is 1. The molecule has 0 aliphatic rings. The van der Waals surface area contributed by atoms with E-state index in [2.05, 4.69) is 0 Å². The van der Waals surface area contributed by atoms with E-state index in [-0.39, 0.29) is 6.54 Å². The van der Waals surface area contributed by atoms with Crippen molar-refractivity contribution in [1.82, 2.24) is 0 Å². The van der Waals surface area contributed by atoms with E-state index in [0.29, 0.717) is 16.2 Å². The lowest BCUT2D eigenvalue weighted by Gasteiger charge is -2.17. The third-order valence-electron chi connectivity index (χ3n) is 3.43. The van der Waals surface area contributed by atoms with E-state index in [4.69, 9.17) is 10.5 Å². The van der Waals surface area contributed by atoms with Gasteiger partial charge in [-0.1, -0.05) is 29.8 Å². The van der Waals surface area contributed by atoms with E-state index in [1.807, 2.05) is 6.92 Å². The van der Waals surface area contributed by atoms with Crippen molar-refractivity contribution in [2.24, 2.45) is 5.73 Å². The van der Waals surface area contributed by atoms with Gasteiger partial charge in [-0.05, 0) is 36.8 Å². The molecule has 0 aliphatic heterocycles. The van der Waals surface area contributed by atoms with Crippen molar-refractivity contribution < 1.29 is 13.2 Å². The second kappa shape index (κ2) is 6.28. The first-order chi connectivity index (χ1) is 9.98. The molecule has 0 heterocycles. The monoisotopic (exact) mass is 305 g/mol. The number of sulfone groups is 1. The third-order valence-corrected chi connectivity index (χ3v) is 5.57. The molecule has 0 aliphatic carbocycles. The Kier molecular flexibility index (Phi) is 4.65. The number of rotatable bonds is 5. The van der Waals surface area contributed by atoms with Gasteiger partial charge in [-0.2, -0.15) is 0 Å². The first-order valence-corrected chi connectivity index (χ1v) is 8.18. The van der Waals surface area contributed by atoms with Crippen LogP contribution in [0.4, 0.5) is 0 Å². The molecule has 112 valence electrons. The summed E-state index contributed by atoms with van der Waals surface area (Å²) in [5.41, 5.74) is 7.40. The molecule has 0 amide bonds. The molecule has 0 spiro atoms. The fraction of sp³-hybridized carbons (Fsp3) is 0.250. The Morgan fingerprint density at radius 3 is 2.10 bits per heavy atom. The maximum absolute atomic E-state index is 12.7. The molecular formula is C16H19NO3S. The maximum atomic E-state index is 12.7. The molecule has 0 saturated heterocycles. The highest BCUT2D eigenvalue weighted by Gasteiger charge is 2.27. The van der Waals surface area contributed by atoms with Crippen LogP contribution in [0, 0.1) is 6.92 Å². The van der Waals surface area contributed by atoms with Crippen molar-refractivity contribution >= 4 is 9.84 Å². The number of ether oxygens (including phenoxy) is 1. The molecule has 1 atom stereocenters. The highest BCUT2D eigenvalue weighted by molar-refractivity contribution is 7.91. The van der Waals surface area contributed by atoms with E-state index in [0.717, 1.165) is 5.56 Å². The fourth-order valence-corrected chi connectivity index (χ4v) is 3.77. The van der Waals surface area contributed by atoms with Gasteiger partial charge in [0.05, 0.1) is 12.0 Å². The highest BCUT2D eigenvalue weighted by Crippen LogP contribution is 2.29. The Bertz CT molecular complexity index is 691. The van der Waals surface area contributed by atoms with Gasteiger partial charge in [0.15, 0.2) is 9.84 Å². The van der Waals surface area contributed by atoms with Gasteiger partial charge in [0.1, 0.15) is 11.0 Å². The van der Waals surface area contributed by atoms with Crippen LogP contribution in [0.15, 0.2) is 53.4 Å². The number of nitrogens with two attached hydrogens (primary N) is 1. The van der Waals surface area contributed by atoms with Gasteiger partial charge < -0.3 is 10.5 Å². The van der Waals surface area contributed by atoms with Crippen molar-refractivity contribution in [2.75, 3.05) is 13.7 Å². The predicted octanol–water partition coefficient (Wildman–Crippen LogP) is 2.48. The Morgan fingerprint density at radius 1 is 1.05 bits per heavy atom. The summed E-state index contributed by atoms with van der Waals surface area (Å²) in [4.78, 5) is 0.291. The standard InChI is InChI=1S/C16H19NO3S/c1-12-3-9-15(10-4-12)21(18,19)16(11-17)13-5-7-14(20-2)8-6-13/h3-10,16H,11,17H2,1-2H3/t16-/m0/s1. The van der Waals surface area contributed by atoms with Gasteiger partial charge in [-0.25, -0.2) is 8.42 Å². The molecule has 0 saturated carbocycles. The lowest BCUT2D eigenvalue weighted by Crippen LogP contribution is -2.22. The summed E-state index contributed by atoms with van der Waals surface area (Å²) in [7, 11) is -1.94. The van der Waals surface area contributed by atoms with Crippen LogP contribution in [0.5, 0.6) is 5.75 Å². The van der Waals surface area contributed by atoms with Crippen LogP contribution in [0.1, 0.15) is 16.4 Å². The van der Waals surface area contributed by atoms with E-state index >= 15 is 0 Å². The molecule has 4 nitrogen and oxygen atoms in total.